The Morgan fingerprint density at radius 2 is 1.86 bits per heavy atom. The summed E-state index contributed by atoms with van der Waals surface area (Å²) in [6.07, 6.45) is 3.65. The molecule has 0 N–H and O–H groups in total. The molecule has 0 amide bonds. The van der Waals surface area contributed by atoms with Gasteiger partial charge in [-0.3, -0.25) is 4.90 Å². The molecule has 4 rings (SSSR count). The highest BCUT2D eigenvalue weighted by Gasteiger charge is 2.40. The van der Waals surface area contributed by atoms with Gasteiger partial charge in [0.25, 0.3) is 0 Å². The second kappa shape index (κ2) is 5.35. The number of rotatable bonds is 3. The molecular formula is C15H19N5S. The molecule has 5 nitrogen and oxygen atoms in total. The average Bonchev–Trinajstić information content (AvgIpc) is 3.15. The molecule has 21 heavy (non-hydrogen) atoms. The predicted molar refractivity (Wildman–Crippen MR) is 83.4 cm³/mol. The highest BCUT2D eigenvalue weighted by Crippen LogP contribution is 2.33. The van der Waals surface area contributed by atoms with E-state index in [1.54, 1.807) is 11.3 Å². The van der Waals surface area contributed by atoms with Crippen molar-refractivity contribution in [2.75, 3.05) is 31.1 Å². The van der Waals surface area contributed by atoms with Crippen LogP contribution >= 0.6 is 11.3 Å². The second-order valence-corrected chi connectivity index (χ2v) is 7.09. The van der Waals surface area contributed by atoms with Gasteiger partial charge in [0.2, 0.25) is 5.95 Å². The van der Waals surface area contributed by atoms with Crippen LogP contribution in [0.25, 0.3) is 0 Å². The number of thiazole rings is 1. The van der Waals surface area contributed by atoms with Crippen LogP contribution in [0.2, 0.25) is 0 Å². The van der Waals surface area contributed by atoms with Crippen molar-refractivity contribution < 1.29 is 0 Å². The number of nitrogens with zero attached hydrogens (tertiary/aromatic N) is 5. The van der Waals surface area contributed by atoms with Crippen molar-refractivity contribution in [3.63, 3.8) is 0 Å². The summed E-state index contributed by atoms with van der Waals surface area (Å²) in [7, 11) is 0. The number of anilines is 1. The third-order valence-corrected chi connectivity index (χ3v) is 5.27. The third-order valence-electron chi connectivity index (χ3n) is 4.45. The summed E-state index contributed by atoms with van der Waals surface area (Å²) in [6.45, 7) is 7.58. The lowest BCUT2D eigenvalue weighted by atomic mass is 10.0. The molecule has 0 radical (unpaired) electrons. The number of aromatic nitrogens is 3. The molecule has 2 saturated heterocycles. The van der Waals surface area contributed by atoms with Crippen LogP contribution in [0.5, 0.6) is 0 Å². The van der Waals surface area contributed by atoms with Gasteiger partial charge in [0.05, 0.1) is 10.7 Å². The van der Waals surface area contributed by atoms with Gasteiger partial charge in [-0.1, -0.05) is 0 Å². The van der Waals surface area contributed by atoms with Crippen molar-refractivity contribution in [3.8, 4) is 0 Å². The molecule has 2 aliphatic heterocycles. The van der Waals surface area contributed by atoms with E-state index in [0.717, 1.165) is 42.4 Å². The Bertz CT molecular complexity index is 600. The first-order valence-electron chi connectivity index (χ1n) is 7.43. The molecule has 2 fully saturated rings. The summed E-state index contributed by atoms with van der Waals surface area (Å²) in [5, 5.41) is 3.35. The van der Waals surface area contributed by atoms with Gasteiger partial charge in [-0.05, 0) is 24.8 Å². The van der Waals surface area contributed by atoms with Crippen LogP contribution in [0.4, 0.5) is 5.95 Å². The standard InChI is InChI=1S/C15H19N5S/c1-11-18-14(10-21-11)9-19-5-12-7-20(8-13(12)6-19)15-16-3-2-4-17-15/h2-4,10,12-13H,5-9H2,1H3/t12-,13+. The van der Waals surface area contributed by atoms with E-state index in [2.05, 4.69) is 37.1 Å². The summed E-state index contributed by atoms with van der Waals surface area (Å²) < 4.78 is 0. The van der Waals surface area contributed by atoms with Crippen molar-refractivity contribution in [2.45, 2.75) is 13.5 Å². The van der Waals surface area contributed by atoms with Crippen LogP contribution in [-0.4, -0.2) is 46.0 Å². The molecule has 4 heterocycles. The molecule has 110 valence electrons. The van der Waals surface area contributed by atoms with E-state index in [0.29, 0.717) is 0 Å². The molecule has 2 atom stereocenters. The van der Waals surface area contributed by atoms with Gasteiger partial charge < -0.3 is 4.90 Å². The Morgan fingerprint density at radius 1 is 1.14 bits per heavy atom. The van der Waals surface area contributed by atoms with Gasteiger partial charge >= 0.3 is 0 Å². The zero-order valence-electron chi connectivity index (χ0n) is 12.1. The lowest BCUT2D eigenvalue weighted by molar-refractivity contribution is 0.305. The number of aryl methyl sites for hydroxylation is 1. The first-order chi connectivity index (χ1) is 10.3. The lowest BCUT2D eigenvalue weighted by Gasteiger charge is -2.20. The summed E-state index contributed by atoms with van der Waals surface area (Å²) >= 11 is 1.74. The summed E-state index contributed by atoms with van der Waals surface area (Å²) in [5.41, 5.74) is 1.22. The second-order valence-electron chi connectivity index (χ2n) is 6.03. The molecule has 0 aliphatic carbocycles. The smallest absolute Gasteiger partial charge is 0.225 e. The van der Waals surface area contributed by atoms with E-state index in [4.69, 9.17) is 0 Å². The predicted octanol–water partition coefficient (Wildman–Crippen LogP) is 1.81. The minimum atomic E-state index is 0.744. The lowest BCUT2D eigenvalue weighted by Crippen LogP contribution is -2.29. The third kappa shape index (κ3) is 2.65. The monoisotopic (exact) mass is 301 g/mol. The van der Waals surface area contributed by atoms with Gasteiger partial charge in [-0.2, -0.15) is 0 Å². The zero-order valence-corrected chi connectivity index (χ0v) is 13.0. The fraction of sp³-hybridized carbons (Fsp3) is 0.533. The van der Waals surface area contributed by atoms with Gasteiger partial charge in [-0.15, -0.1) is 11.3 Å². The van der Waals surface area contributed by atoms with E-state index in [1.807, 2.05) is 18.5 Å². The van der Waals surface area contributed by atoms with Crippen molar-refractivity contribution >= 4 is 17.3 Å². The Morgan fingerprint density at radius 3 is 2.48 bits per heavy atom. The van der Waals surface area contributed by atoms with Crippen molar-refractivity contribution in [1.29, 1.82) is 0 Å². The van der Waals surface area contributed by atoms with Crippen LogP contribution < -0.4 is 4.90 Å². The Labute approximate surface area is 128 Å². The van der Waals surface area contributed by atoms with Gasteiger partial charge in [0.1, 0.15) is 0 Å². The molecule has 0 aromatic carbocycles. The summed E-state index contributed by atoms with van der Waals surface area (Å²) in [6, 6.07) is 1.87. The minimum Gasteiger partial charge on any atom is -0.340 e. The van der Waals surface area contributed by atoms with E-state index in [-0.39, 0.29) is 0 Å². The zero-order chi connectivity index (χ0) is 14.2. The van der Waals surface area contributed by atoms with E-state index in [1.165, 1.54) is 18.8 Å². The van der Waals surface area contributed by atoms with Gasteiger partial charge in [0, 0.05) is 50.5 Å². The van der Waals surface area contributed by atoms with Crippen molar-refractivity contribution in [2.24, 2.45) is 11.8 Å². The molecule has 2 aromatic heterocycles. The highest BCUT2D eigenvalue weighted by atomic mass is 32.1. The van der Waals surface area contributed by atoms with Crippen LogP contribution in [0, 0.1) is 18.8 Å². The normalized spacial score (nSPS) is 25.5. The molecule has 2 aliphatic rings. The van der Waals surface area contributed by atoms with Crippen LogP contribution in [0.1, 0.15) is 10.7 Å². The van der Waals surface area contributed by atoms with Gasteiger partial charge in [-0.25, -0.2) is 15.0 Å². The maximum absolute atomic E-state index is 4.58. The minimum absolute atomic E-state index is 0.744. The maximum Gasteiger partial charge on any atom is 0.225 e. The Balaban J connectivity index is 1.37. The largest absolute Gasteiger partial charge is 0.340 e. The molecule has 0 bridgehead atoms. The van der Waals surface area contributed by atoms with Crippen molar-refractivity contribution in [1.82, 2.24) is 19.9 Å². The SMILES string of the molecule is Cc1nc(CN2C[C@@H]3CN(c4ncccn4)C[C@@H]3C2)cs1. The van der Waals surface area contributed by atoms with Crippen LogP contribution in [-0.2, 0) is 6.54 Å². The summed E-state index contributed by atoms with van der Waals surface area (Å²) in [4.78, 5) is 18.2. The van der Waals surface area contributed by atoms with Gasteiger partial charge in [0.15, 0.2) is 0 Å². The molecule has 0 unspecified atom stereocenters. The first-order valence-corrected chi connectivity index (χ1v) is 8.31. The number of hydrogen-bond donors (Lipinski definition) is 0. The van der Waals surface area contributed by atoms with Crippen LogP contribution in [0.3, 0.4) is 0 Å². The number of fused-ring (bicyclic) bond motifs is 1. The summed E-state index contributed by atoms with van der Waals surface area (Å²) in [5.74, 6) is 2.37. The molecule has 0 saturated carbocycles. The topological polar surface area (TPSA) is 45.2 Å². The fourth-order valence-electron chi connectivity index (χ4n) is 3.55. The van der Waals surface area contributed by atoms with E-state index >= 15 is 0 Å². The fourth-order valence-corrected chi connectivity index (χ4v) is 4.15. The average molecular weight is 301 g/mol. The highest BCUT2D eigenvalue weighted by molar-refractivity contribution is 7.09. The Hall–Kier alpha value is -1.53. The molecule has 0 spiro atoms. The maximum atomic E-state index is 4.58. The van der Waals surface area contributed by atoms with Crippen LogP contribution in [0.15, 0.2) is 23.8 Å². The van der Waals surface area contributed by atoms with Crippen molar-refractivity contribution in [3.05, 3.63) is 34.5 Å². The number of hydrogen-bond acceptors (Lipinski definition) is 6. The van der Waals surface area contributed by atoms with E-state index in [9.17, 15) is 0 Å². The molecule has 2 aromatic rings. The number of likely N-dealkylation sites (tertiary alicyclic amines) is 1. The first kappa shape index (κ1) is 13.2. The molecule has 6 heteroatoms. The van der Waals surface area contributed by atoms with E-state index < -0.39 is 0 Å². The quantitative estimate of drug-likeness (QED) is 0.865. The Kier molecular flexibility index (Phi) is 3.35. The molecular weight excluding hydrogens is 282 g/mol.